The molecule has 0 aliphatic carbocycles. The number of hydrogen-bond acceptors (Lipinski definition) is 2. The predicted molar refractivity (Wildman–Crippen MR) is 35.7 cm³/mol. The minimum atomic E-state index is -1.84. The second-order valence-corrected chi connectivity index (χ2v) is 2.38. The molecule has 12 heavy (non-hydrogen) atoms. The van der Waals surface area contributed by atoms with Crippen molar-refractivity contribution in [1.82, 2.24) is 0 Å². The fraction of sp³-hybridized carbons (Fsp3) is 0. The monoisotopic (exact) mass is 191 g/mol. The summed E-state index contributed by atoms with van der Waals surface area (Å²) in [4.78, 5) is 10.2. The molecule has 0 fully saturated rings. The Morgan fingerprint density at radius 2 is 1.83 bits per heavy atom. The van der Waals surface area contributed by atoms with Crippen LogP contribution in [0.15, 0.2) is 12.1 Å². The molecule has 0 aliphatic heterocycles. The summed E-state index contributed by atoms with van der Waals surface area (Å²) < 4.78 is 25.1. The van der Waals surface area contributed by atoms with E-state index in [0.717, 1.165) is 6.07 Å². The number of rotatable bonds is 1. The van der Waals surface area contributed by atoms with Crippen molar-refractivity contribution in [2.24, 2.45) is 0 Å². The number of carbonyl (C=O) groups is 1. The van der Waals surface area contributed by atoms with Gasteiger partial charge in [-0.1, -0.05) is 11.6 Å². The van der Waals surface area contributed by atoms with Gasteiger partial charge in [0.1, 0.15) is 11.6 Å². The molecule has 0 spiro atoms. The molecule has 5 heteroatoms. The molecule has 0 atom stereocenters. The lowest BCUT2D eigenvalue weighted by molar-refractivity contribution is -0.255. The third-order valence-corrected chi connectivity index (χ3v) is 1.62. The molecule has 0 amide bonds. The van der Waals surface area contributed by atoms with Crippen LogP contribution in [-0.4, -0.2) is 5.97 Å². The van der Waals surface area contributed by atoms with Gasteiger partial charge in [0.05, 0.1) is 16.6 Å². The lowest BCUT2D eigenvalue weighted by Crippen LogP contribution is -2.24. The van der Waals surface area contributed by atoms with E-state index in [-0.39, 0.29) is 0 Å². The Labute approximate surface area is 71.4 Å². The molecular weight excluding hydrogens is 190 g/mol. The van der Waals surface area contributed by atoms with Gasteiger partial charge in [-0.15, -0.1) is 0 Å². The van der Waals surface area contributed by atoms with Crippen LogP contribution in [0.25, 0.3) is 0 Å². The predicted octanol–water partition coefficient (Wildman–Crippen LogP) is 0.982. The van der Waals surface area contributed by atoms with Crippen molar-refractivity contribution in [3.8, 4) is 0 Å². The molecule has 0 saturated carbocycles. The zero-order valence-corrected chi connectivity index (χ0v) is 6.36. The molecule has 0 aliphatic rings. The highest BCUT2D eigenvalue weighted by Crippen LogP contribution is 2.21. The van der Waals surface area contributed by atoms with Crippen LogP contribution >= 0.6 is 11.6 Å². The van der Waals surface area contributed by atoms with Crippen LogP contribution in [0.5, 0.6) is 0 Å². The first-order chi connectivity index (χ1) is 5.54. The Balaban J connectivity index is 3.43. The first-order valence-corrected chi connectivity index (χ1v) is 3.26. The molecular formula is C7H2ClF2O2-. The average molecular weight is 192 g/mol. The molecule has 0 saturated heterocycles. The summed E-state index contributed by atoms with van der Waals surface area (Å²) in [6.07, 6.45) is 0. The smallest absolute Gasteiger partial charge is 0.142 e. The lowest BCUT2D eigenvalue weighted by atomic mass is 10.2. The molecule has 0 aromatic heterocycles. The van der Waals surface area contributed by atoms with E-state index in [4.69, 9.17) is 11.6 Å². The Hall–Kier alpha value is -1.16. The van der Waals surface area contributed by atoms with E-state index in [1.165, 1.54) is 0 Å². The van der Waals surface area contributed by atoms with E-state index in [9.17, 15) is 18.7 Å². The van der Waals surface area contributed by atoms with Crippen LogP contribution in [0.2, 0.25) is 5.02 Å². The highest BCUT2D eigenvalue weighted by atomic mass is 35.5. The minimum Gasteiger partial charge on any atom is -0.545 e. The molecule has 0 radical (unpaired) electrons. The summed E-state index contributed by atoms with van der Waals surface area (Å²) in [5.41, 5.74) is -0.948. The van der Waals surface area contributed by atoms with Gasteiger partial charge in [-0.2, -0.15) is 0 Å². The Kier molecular flexibility index (Phi) is 2.28. The normalized spacial score (nSPS) is 9.92. The zero-order chi connectivity index (χ0) is 9.30. The number of aromatic carboxylic acids is 1. The molecule has 1 aromatic rings. The molecule has 1 aromatic carbocycles. The van der Waals surface area contributed by atoms with Gasteiger partial charge in [-0.05, 0) is 12.1 Å². The van der Waals surface area contributed by atoms with Gasteiger partial charge in [0.25, 0.3) is 0 Å². The fourth-order valence-corrected chi connectivity index (χ4v) is 0.945. The third-order valence-electron chi connectivity index (χ3n) is 1.25. The van der Waals surface area contributed by atoms with E-state index in [1.54, 1.807) is 0 Å². The van der Waals surface area contributed by atoms with Gasteiger partial charge >= 0.3 is 0 Å². The topological polar surface area (TPSA) is 40.1 Å². The summed E-state index contributed by atoms with van der Waals surface area (Å²) in [6, 6.07) is 1.41. The van der Waals surface area contributed by atoms with Gasteiger partial charge < -0.3 is 9.90 Å². The Morgan fingerprint density at radius 1 is 1.33 bits per heavy atom. The molecule has 0 N–H and O–H groups in total. The maximum absolute atomic E-state index is 12.6. The van der Waals surface area contributed by atoms with Crippen LogP contribution in [0, 0.1) is 11.6 Å². The van der Waals surface area contributed by atoms with E-state index < -0.39 is 28.2 Å². The maximum Gasteiger partial charge on any atom is 0.142 e. The van der Waals surface area contributed by atoms with Crippen LogP contribution in [0.3, 0.4) is 0 Å². The van der Waals surface area contributed by atoms with Crippen LogP contribution in [0.1, 0.15) is 10.4 Å². The number of carboxylic acid groups (broad SMARTS) is 1. The van der Waals surface area contributed by atoms with Crippen molar-refractivity contribution in [1.29, 1.82) is 0 Å². The third kappa shape index (κ3) is 1.38. The van der Waals surface area contributed by atoms with Gasteiger partial charge in [-0.3, -0.25) is 0 Å². The summed E-state index contributed by atoms with van der Waals surface area (Å²) >= 11 is 5.16. The SMILES string of the molecule is O=C([O-])c1c(F)ccc(F)c1Cl. The molecule has 0 bridgehead atoms. The second kappa shape index (κ2) is 3.06. The molecule has 64 valence electrons. The number of carboxylic acids is 1. The fourth-order valence-electron chi connectivity index (χ4n) is 0.714. The van der Waals surface area contributed by atoms with E-state index in [0.29, 0.717) is 6.07 Å². The van der Waals surface area contributed by atoms with Crippen LogP contribution in [-0.2, 0) is 0 Å². The minimum absolute atomic E-state index is 0.673. The summed E-state index contributed by atoms with van der Waals surface area (Å²) in [5, 5.41) is 9.42. The standard InChI is InChI=1S/C7H3ClF2O2/c8-6-4(10)2-1-3(9)5(6)7(11)12/h1-2H,(H,11,12)/p-1. The van der Waals surface area contributed by atoms with Crippen molar-refractivity contribution in [2.75, 3.05) is 0 Å². The van der Waals surface area contributed by atoms with Crippen molar-refractivity contribution in [2.45, 2.75) is 0 Å². The van der Waals surface area contributed by atoms with Gasteiger partial charge in [0, 0.05) is 0 Å². The first kappa shape index (κ1) is 8.93. The van der Waals surface area contributed by atoms with Gasteiger partial charge in [0.15, 0.2) is 0 Å². The Morgan fingerprint density at radius 3 is 2.25 bits per heavy atom. The van der Waals surface area contributed by atoms with E-state index in [1.807, 2.05) is 0 Å². The number of benzene rings is 1. The van der Waals surface area contributed by atoms with E-state index in [2.05, 4.69) is 0 Å². The zero-order valence-electron chi connectivity index (χ0n) is 5.61. The number of halogens is 3. The molecule has 1 rings (SSSR count). The van der Waals surface area contributed by atoms with Gasteiger partial charge in [0.2, 0.25) is 0 Å². The highest BCUT2D eigenvalue weighted by Gasteiger charge is 2.11. The van der Waals surface area contributed by atoms with Crippen LogP contribution < -0.4 is 5.11 Å². The van der Waals surface area contributed by atoms with Crippen molar-refractivity contribution < 1.29 is 18.7 Å². The summed E-state index contributed by atoms with van der Waals surface area (Å²) in [6.45, 7) is 0. The van der Waals surface area contributed by atoms with Crippen molar-refractivity contribution in [3.05, 3.63) is 34.4 Å². The van der Waals surface area contributed by atoms with E-state index >= 15 is 0 Å². The summed E-state index contributed by atoms with van der Waals surface area (Å²) in [7, 11) is 0. The van der Waals surface area contributed by atoms with Gasteiger partial charge in [-0.25, -0.2) is 8.78 Å². The quantitative estimate of drug-likeness (QED) is 0.621. The molecule has 0 unspecified atom stereocenters. The lowest BCUT2D eigenvalue weighted by Gasteiger charge is -2.06. The Bertz CT molecular complexity index is 338. The van der Waals surface area contributed by atoms with Crippen molar-refractivity contribution >= 4 is 17.6 Å². The number of carbonyl (C=O) groups excluding carboxylic acids is 1. The first-order valence-electron chi connectivity index (χ1n) is 2.89. The second-order valence-electron chi connectivity index (χ2n) is 2.01. The summed E-state index contributed by atoms with van der Waals surface area (Å²) in [5.74, 6) is -3.93. The average Bonchev–Trinajstić information content (AvgIpc) is 1.97. The maximum atomic E-state index is 12.6. The highest BCUT2D eigenvalue weighted by molar-refractivity contribution is 6.33. The largest absolute Gasteiger partial charge is 0.545 e. The van der Waals surface area contributed by atoms with Crippen molar-refractivity contribution in [3.63, 3.8) is 0 Å². The number of hydrogen-bond donors (Lipinski definition) is 0. The molecule has 0 heterocycles. The molecule has 2 nitrogen and oxygen atoms in total. The van der Waals surface area contributed by atoms with Crippen LogP contribution in [0.4, 0.5) is 8.78 Å².